The third-order valence-electron chi connectivity index (χ3n) is 4.57. The smallest absolute Gasteiger partial charge is 0.382 e. The number of hydrogen-bond donors (Lipinski definition) is 2. The second-order valence-corrected chi connectivity index (χ2v) is 10.1. The molecule has 2 aromatic rings. The molecule has 2 aromatic carbocycles. The molecule has 0 aromatic heterocycles. The summed E-state index contributed by atoms with van der Waals surface area (Å²) in [5, 5.41) is 22.4. The fourth-order valence-electron chi connectivity index (χ4n) is 2.73. The summed E-state index contributed by atoms with van der Waals surface area (Å²) in [6, 6.07) is 10.4. The molecule has 2 N–H and O–H groups in total. The number of benzene rings is 2. The average molecular weight is 461 g/mol. The Balaban J connectivity index is 2.40. The number of hydrogen-bond acceptors (Lipinski definition) is 5. The van der Waals surface area contributed by atoms with E-state index < -0.39 is 43.7 Å². The molecular weight excluding hydrogens is 441 g/mol. The molecule has 10 heteroatoms. The van der Waals surface area contributed by atoms with Crippen molar-refractivity contribution in [3.63, 3.8) is 0 Å². The van der Waals surface area contributed by atoms with Crippen LogP contribution in [-0.4, -0.2) is 31.1 Å². The Hall–Kier alpha value is -2.28. The van der Waals surface area contributed by atoms with E-state index in [-0.39, 0.29) is 17.8 Å². The zero-order valence-electron chi connectivity index (χ0n) is 16.2. The van der Waals surface area contributed by atoms with E-state index in [2.05, 4.69) is 5.32 Å². The molecule has 30 heavy (non-hydrogen) atoms. The molecule has 0 aliphatic heterocycles. The second kappa shape index (κ2) is 8.84. The van der Waals surface area contributed by atoms with Gasteiger partial charge in [0.1, 0.15) is 5.60 Å². The van der Waals surface area contributed by atoms with Gasteiger partial charge in [0, 0.05) is 17.3 Å². The quantitative estimate of drug-likeness (QED) is 0.641. The van der Waals surface area contributed by atoms with Crippen LogP contribution in [0.15, 0.2) is 42.5 Å². The van der Waals surface area contributed by atoms with Crippen LogP contribution in [0.3, 0.4) is 0 Å². The number of anilines is 1. The number of alkyl halides is 3. The molecule has 0 radical (unpaired) electrons. The number of halogens is 4. The lowest BCUT2D eigenvalue weighted by Crippen LogP contribution is -2.42. The highest BCUT2D eigenvalue weighted by atomic mass is 35.5. The first-order valence-corrected chi connectivity index (χ1v) is 10.9. The molecule has 0 aliphatic rings. The van der Waals surface area contributed by atoms with Crippen molar-refractivity contribution in [1.82, 2.24) is 0 Å². The molecule has 0 saturated carbocycles. The van der Waals surface area contributed by atoms with E-state index in [4.69, 9.17) is 16.9 Å². The van der Waals surface area contributed by atoms with Gasteiger partial charge in [-0.1, -0.05) is 23.7 Å². The van der Waals surface area contributed by atoms with Crippen molar-refractivity contribution in [2.24, 2.45) is 0 Å². The largest absolute Gasteiger partial charge is 0.417 e. The Kier molecular flexibility index (Phi) is 7.07. The van der Waals surface area contributed by atoms with Crippen molar-refractivity contribution < 1.29 is 26.7 Å². The number of rotatable bonds is 7. The first-order chi connectivity index (χ1) is 13.8. The first kappa shape index (κ1) is 24.0. The highest BCUT2D eigenvalue weighted by Gasteiger charge is 2.37. The van der Waals surface area contributed by atoms with Crippen LogP contribution in [0.25, 0.3) is 0 Å². The van der Waals surface area contributed by atoms with Gasteiger partial charge in [-0.3, -0.25) is 0 Å². The SMILES string of the molecule is CC(C)S(=O)(=O)CC(O)(CNc1ccc(C#N)c(C(F)(F)F)c1)c1ccc(Cl)cc1. The zero-order valence-corrected chi connectivity index (χ0v) is 17.7. The van der Waals surface area contributed by atoms with E-state index in [1.54, 1.807) is 0 Å². The topological polar surface area (TPSA) is 90.2 Å². The van der Waals surface area contributed by atoms with E-state index in [0.717, 1.165) is 12.1 Å². The molecule has 0 heterocycles. The van der Waals surface area contributed by atoms with Gasteiger partial charge in [0.05, 0.1) is 28.2 Å². The normalized spacial score (nSPS) is 14.2. The van der Waals surface area contributed by atoms with E-state index in [0.29, 0.717) is 5.02 Å². The molecule has 0 saturated heterocycles. The lowest BCUT2D eigenvalue weighted by Gasteiger charge is -2.30. The van der Waals surface area contributed by atoms with E-state index in [1.807, 2.05) is 0 Å². The Morgan fingerprint density at radius 3 is 2.27 bits per heavy atom. The van der Waals surface area contributed by atoms with E-state index in [9.17, 15) is 26.7 Å². The summed E-state index contributed by atoms with van der Waals surface area (Å²) in [6.07, 6.45) is -4.74. The minimum Gasteiger partial charge on any atom is -0.382 e. The number of sulfone groups is 1. The van der Waals surface area contributed by atoms with Gasteiger partial charge in [-0.15, -0.1) is 0 Å². The highest BCUT2D eigenvalue weighted by Crippen LogP contribution is 2.34. The van der Waals surface area contributed by atoms with Crippen molar-refractivity contribution in [2.45, 2.75) is 30.9 Å². The monoisotopic (exact) mass is 460 g/mol. The summed E-state index contributed by atoms with van der Waals surface area (Å²) in [4.78, 5) is 0. The second-order valence-electron chi connectivity index (χ2n) is 7.12. The van der Waals surface area contributed by atoms with Gasteiger partial charge < -0.3 is 10.4 Å². The lowest BCUT2D eigenvalue weighted by molar-refractivity contribution is -0.137. The van der Waals surface area contributed by atoms with Crippen molar-refractivity contribution in [1.29, 1.82) is 5.26 Å². The minimum atomic E-state index is -4.74. The molecule has 2 rings (SSSR count). The summed E-state index contributed by atoms with van der Waals surface area (Å²) in [7, 11) is -3.71. The Bertz CT molecular complexity index is 1050. The zero-order chi connectivity index (χ0) is 22.7. The minimum absolute atomic E-state index is 0.0179. The predicted octanol–water partition coefficient (Wildman–Crippen LogP) is 4.35. The third kappa shape index (κ3) is 5.65. The van der Waals surface area contributed by atoms with Gasteiger partial charge in [0.2, 0.25) is 0 Å². The number of nitrogens with zero attached hydrogens (tertiary/aromatic N) is 1. The first-order valence-electron chi connectivity index (χ1n) is 8.84. The summed E-state index contributed by atoms with van der Waals surface area (Å²) in [5.74, 6) is -0.644. The maximum atomic E-state index is 13.2. The molecule has 1 unspecified atom stereocenters. The average Bonchev–Trinajstić information content (AvgIpc) is 2.65. The fourth-order valence-corrected chi connectivity index (χ4v) is 4.12. The van der Waals surface area contributed by atoms with Crippen LogP contribution in [0, 0.1) is 11.3 Å². The van der Waals surface area contributed by atoms with Crippen molar-refractivity contribution in [3.8, 4) is 6.07 Å². The molecule has 0 amide bonds. The van der Waals surface area contributed by atoms with Crippen LogP contribution in [0.1, 0.15) is 30.5 Å². The van der Waals surface area contributed by atoms with Gasteiger partial charge in [0.25, 0.3) is 0 Å². The molecule has 0 aliphatic carbocycles. The van der Waals surface area contributed by atoms with E-state index >= 15 is 0 Å². The van der Waals surface area contributed by atoms with Crippen molar-refractivity contribution in [2.75, 3.05) is 17.6 Å². The van der Waals surface area contributed by atoms with Gasteiger partial charge in [0.15, 0.2) is 9.84 Å². The van der Waals surface area contributed by atoms with Crippen LogP contribution in [0.5, 0.6) is 0 Å². The number of nitrogens with one attached hydrogen (secondary N) is 1. The van der Waals surface area contributed by atoms with Gasteiger partial charge in [-0.2, -0.15) is 18.4 Å². The molecular formula is C20H20ClF3N2O3S. The molecule has 0 bridgehead atoms. The maximum absolute atomic E-state index is 13.2. The molecule has 162 valence electrons. The highest BCUT2D eigenvalue weighted by molar-refractivity contribution is 7.92. The van der Waals surface area contributed by atoms with Crippen molar-refractivity contribution >= 4 is 27.1 Å². The van der Waals surface area contributed by atoms with Gasteiger partial charge in [-0.25, -0.2) is 8.42 Å². The third-order valence-corrected chi connectivity index (χ3v) is 7.14. The number of aliphatic hydroxyl groups is 1. The van der Waals surface area contributed by atoms with Gasteiger partial charge in [-0.05, 0) is 49.7 Å². The lowest BCUT2D eigenvalue weighted by atomic mass is 9.95. The summed E-state index contributed by atoms with van der Waals surface area (Å²) in [5.41, 5.74) is -3.37. The Morgan fingerprint density at radius 2 is 1.77 bits per heavy atom. The Labute approximate surface area is 178 Å². The predicted molar refractivity (Wildman–Crippen MR) is 109 cm³/mol. The fraction of sp³-hybridized carbons (Fsp3) is 0.350. The standard InChI is InChI=1S/C20H20ClF3N2O3S/c1-13(2)30(28,29)12-19(27,15-4-6-16(21)7-5-15)11-26-17-8-3-14(10-25)18(9-17)20(22,23)24/h3-9,13,26-27H,11-12H2,1-2H3. The molecule has 0 spiro atoms. The van der Waals surface area contributed by atoms with E-state index in [1.165, 1.54) is 50.2 Å². The van der Waals surface area contributed by atoms with Crippen LogP contribution in [0.2, 0.25) is 5.02 Å². The molecule has 0 fully saturated rings. The Morgan fingerprint density at radius 1 is 1.17 bits per heavy atom. The number of nitriles is 1. The summed E-state index contributed by atoms with van der Waals surface area (Å²) in [6.45, 7) is 2.56. The summed E-state index contributed by atoms with van der Waals surface area (Å²) >= 11 is 5.86. The van der Waals surface area contributed by atoms with Crippen LogP contribution in [-0.2, 0) is 21.6 Å². The maximum Gasteiger partial charge on any atom is 0.417 e. The van der Waals surface area contributed by atoms with Gasteiger partial charge >= 0.3 is 6.18 Å². The van der Waals surface area contributed by atoms with Crippen LogP contribution in [0.4, 0.5) is 18.9 Å². The van der Waals surface area contributed by atoms with Crippen molar-refractivity contribution in [3.05, 3.63) is 64.2 Å². The summed E-state index contributed by atoms with van der Waals surface area (Å²) < 4.78 is 64.5. The van der Waals surface area contributed by atoms with Crippen LogP contribution >= 0.6 is 11.6 Å². The molecule has 5 nitrogen and oxygen atoms in total. The molecule has 1 atom stereocenters. The van der Waals surface area contributed by atoms with Crippen LogP contribution < -0.4 is 5.32 Å².